The molecule has 0 aliphatic heterocycles. The third-order valence-electron chi connectivity index (χ3n) is 2.57. The lowest BCUT2D eigenvalue weighted by molar-refractivity contribution is -0.119. The van der Waals surface area contributed by atoms with Gasteiger partial charge in [-0.05, 0) is 29.8 Å². The highest BCUT2D eigenvalue weighted by Crippen LogP contribution is 2.06. The van der Waals surface area contributed by atoms with E-state index >= 15 is 0 Å². The topological polar surface area (TPSA) is 53.5 Å². The summed E-state index contributed by atoms with van der Waals surface area (Å²) in [5, 5.41) is 6.59. The summed E-state index contributed by atoms with van der Waals surface area (Å²) in [5.41, 5.74) is 3.46. The van der Waals surface area contributed by atoms with Crippen molar-refractivity contribution in [2.75, 3.05) is 11.9 Å². The molecule has 108 valence electrons. The molecule has 2 rings (SSSR count). The Kier molecular flexibility index (Phi) is 4.98. The number of nitrogens with zero attached hydrogens (tertiary/aromatic N) is 1. The number of anilines is 1. The van der Waals surface area contributed by atoms with Crippen molar-refractivity contribution in [2.45, 2.75) is 0 Å². The predicted octanol–water partition coefficient (Wildman–Crippen LogP) is 2.53. The van der Waals surface area contributed by atoms with Gasteiger partial charge in [0, 0.05) is 5.69 Å². The highest BCUT2D eigenvalue weighted by Gasteiger charge is 2.01. The van der Waals surface area contributed by atoms with Crippen molar-refractivity contribution in [3.63, 3.8) is 0 Å². The van der Waals surface area contributed by atoms with Crippen LogP contribution in [0.3, 0.4) is 0 Å². The Morgan fingerprint density at radius 2 is 1.86 bits per heavy atom. The maximum absolute atomic E-state index is 12.9. The van der Waals surface area contributed by atoms with Crippen molar-refractivity contribution < 1.29 is 13.6 Å². The quantitative estimate of drug-likeness (QED) is 0.656. The lowest BCUT2D eigenvalue weighted by atomic mass is 10.2. The number of nitrogens with one attached hydrogen (secondary N) is 2. The SMILES string of the molecule is O=C(CNc1ccccc1)N/N=C\c1ccc(F)c(F)c1. The number of carbonyl (C=O) groups is 1. The normalized spacial score (nSPS) is 10.6. The van der Waals surface area contributed by atoms with Gasteiger partial charge in [0.2, 0.25) is 0 Å². The van der Waals surface area contributed by atoms with Crippen molar-refractivity contribution in [1.82, 2.24) is 5.43 Å². The fourth-order valence-corrected chi connectivity index (χ4v) is 1.55. The molecule has 0 heterocycles. The van der Waals surface area contributed by atoms with E-state index in [9.17, 15) is 13.6 Å². The number of amides is 1. The maximum atomic E-state index is 12.9. The van der Waals surface area contributed by atoms with E-state index < -0.39 is 11.6 Å². The number of halogens is 2. The Bertz CT molecular complexity index is 645. The van der Waals surface area contributed by atoms with Gasteiger partial charge in [-0.15, -0.1) is 0 Å². The van der Waals surface area contributed by atoms with Crippen molar-refractivity contribution in [1.29, 1.82) is 0 Å². The molecule has 1 amide bonds. The van der Waals surface area contributed by atoms with Crippen molar-refractivity contribution >= 4 is 17.8 Å². The molecule has 0 radical (unpaired) electrons. The van der Waals surface area contributed by atoms with Crippen molar-refractivity contribution in [3.05, 3.63) is 65.7 Å². The molecule has 0 aliphatic carbocycles. The smallest absolute Gasteiger partial charge is 0.259 e. The van der Waals surface area contributed by atoms with Crippen LogP contribution in [0, 0.1) is 11.6 Å². The number of benzene rings is 2. The summed E-state index contributed by atoms with van der Waals surface area (Å²) in [6.07, 6.45) is 1.24. The second-order valence-corrected chi connectivity index (χ2v) is 4.19. The predicted molar refractivity (Wildman–Crippen MR) is 77.0 cm³/mol. The Morgan fingerprint density at radius 1 is 1.10 bits per heavy atom. The second-order valence-electron chi connectivity index (χ2n) is 4.19. The van der Waals surface area contributed by atoms with Gasteiger partial charge in [0.15, 0.2) is 11.6 Å². The summed E-state index contributed by atoms with van der Waals surface area (Å²) in [5.74, 6) is -2.24. The van der Waals surface area contributed by atoms with Crippen LogP contribution in [0.15, 0.2) is 53.6 Å². The van der Waals surface area contributed by atoms with Crippen LogP contribution in [0.5, 0.6) is 0 Å². The molecule has 0 aromatic heterocycles. The van der Waals surface area contributed by atoms with Gasteiger partial charge >= 0.3 is 0 Å². The molecule has 21 heavy (non-hydrogen) atoms. The van der Waals surface area contributed by atoms with Crippen LogP contribution in [-0.4, -0.2) is 18.7 Å². The maximum Gasteiger partial charge on any atom is 0.259 e. The molecular formula is C15H13F2N3O. The van der Waals surface area contributed by atoms with Gasteiger partial charge in [0.05, 0.1) is 12.8 Å². The minimum Gasteiger partial charge on any atom is -0.376 e. The Labute approximate surface area is 120 Å². The first-order chi connectivity index (χ1) is 10.1. The molecule has 0 bridgehead atoms. The first kappa shape index (κ1) is 14.6. The first-order valence-corrected chi connectivity index (χ1v) is 6.21. The number of para-hydroxylation sites is 1. The monoisotopic (exact) mass is 289 g/mol. The van der Waals surface area contributed by atoms with E-state index in [1.54, 1.807) is 0 Å². The van der Waals surface area contributed by atoms with E-state index in [2.05, 4.69) is 15.8 Å². The lowest BCUT2D eigenvalue weighted by Gasteiger charge is -2.04. The van der Waals surface area contributed by atoms with Gasteiger partial charge < -0.3 is 5.32 Å². The number of hydrogen-bond acceptors (Lipinski definition) is 3. The molecular weight excluding hydrogens is 276 g/mol. The molecule has 2 aromatic carbocycles. The molecule has 4 nitrogen and oxygen atoms in total. The van der Waals surface area contributed by atoms with Gasteiger partial charge in [-0.25, -0.2) is 14.2 Å². The second kappa shape index (κ2) is 7.14. The zero-order valence-corrected chi connectivity index (χ0v) is 11.0. The van der Waals surface area contributed by atoms with Crippen LogP contribution >= 0.6 is 0 Å². The molecule has 0 fully saturated rings. The minimum absolute atomic E-state index is 0.0547. The molecule has 0 unspecified atom stereocenters. The van der Waals surface area contributed by atoms with Crippen LogP contribution in [-0.2, 0) is 4.79 Å². The van der Waals surface area contributed by atoms with Crippen LogP contribution in [0.4, 0.5) is 14.5 Å². The van der Waals surface area contributed by atoms with Gasteiger partial charge in [-0.3, -0.25) is 4.79 Å². The van der Waals surface area contributed by atoms with E-state index in [0.29, 0.717) is 5.56 Å². The molecule has 0 spiro atoms. The molecule has 0 atom stereocenters. The van der Waals surface area contributed by atoms with Crippen LogP contribution in [0.2, 0.25) is 0 Å². The summed E-state index contributed by atoms with van der Waals surface area (Å²) in [6, 6.07) is 12.6. The summed E-state index contributed by atoms with van der Waals surface area (Å²) < 4.78 is 25.7. The van der Waals surface area contributed by atoms with Crippen LogP contribution < -0.4 is 10.7 Å². The summed E-state index contributed by atoms with van der Waals surface area (Å²) in [7, 11) is 0. The van der Waals surface area contributed by atoms with Gasteiger partial charge in [-0.1, -0.05) is 24.3 Å². The summed E-state index contributed by atoms with van der Waals surface area (Å²) >= 11 is 0. The standard InChI is InChI=1S/C15H13F2N3O/c16-13-7-6-11(8-14(13)17)9-19-20-15(21)10-18-12-4-2-1-3-5-12/h1-9,18H,10H2,(H,20,21)/b19-9-. The molecule has 0 aliphatic rings. The number of rotatable bonds is 5. The van der Waals surface area contributed by atoms with Crippen molar-refractivity contribution in [2.24, 2.45) is 5.10 Å². The van der Waals surface area contributed by atoms with E-state index in [1.807, 2.05) is 30.3 Å². The molecule has 0 saturated heterocycles. The zero-order chi connectivity index (χ0) is 15.1. The Balaban J connectivity index is 1.80. The Morgan fingerprint density at radius 3 is 2.57 bits per heavy atom. The number of hydrazone groups is 1. The third kappa shape index (κ3) is 4.68. The molecule has 2 N–H and O–H groups in total. The van der Waals surface area contributed by atoms with E-state index in [4.69, 9.17) is 0 Å². The highest BCUT2D eigenvalue weighted by molar-refractivity contribution is 5.84. The largest absolute Gasteiger partial charge is 0.376 e. The lowest BCUT2D eigenvalue weighted by Crippen LogP contribution is -2.25. The van der Waals surface area contributed by atoms with E-state index in [1.165, 1.54) is 12.3 Å². The van der Waals surface area contributed by atoms with E-state index in [-0.39, 0.29) is 12.5 Å². The highest BCUT2D eigenvalue weighted by atomic mass is 19.2. The van der Waals surface area contributed by atoms with Gasteiger partial charge in [0.25, 0.3) is 5.91 Å². The van der Waals surface area contributed by atoms with Gasteiger partial charge in [-0.2, -0.15) is 5.10 Å². The van der Waals surface area contributed by atoms with Crippen LogP contribution in [0.1, 0.15) is 5.56 Å². The average molecular weight is 289 g/mol. The average Bonchev–Trinajstić information content (AvgIpc) is 2.50. The Hall–Kier alpha value is -2.76. The third-order valence-corrected chi connectivity index (χ3v) is 2.57. The number of carbonyl (C=O) groups excluding carboxylic acids is 1. The van der Waals surface area contributed by atoms with Gasteiger partial charge in [0.1, 0.15) is 0 Å². The van der Waals surface area contributed by atoms with Crippen LogP contribution in [0.25, 0.3) is 0 Å². The minimum atomic E-state index is -0.962. The molecule has 0 saturated carbocycles. The molecule has 2 aromatic rings. The summed E-state index contributed by atoms with van der Waals surface area (Å²) in [4.78, 5) is 11.5. The van der Waals surface area contributed by atoms with E-state index in [0.717, 1.165) is 17.8 Å². The van der Waals surface area contributed by atoms with Crippen molar-refractivity contribution in [3.8, 4) is 0 Å². The first-order valence-electron chi connectivity index (χ1n) is 6.21. The zero-order valence-electron chi connectivity index (χ0n) is 11.0. The number of hydrogen-bond donors (Lipinski definition) is 2. The fraction of sp³-hybridized carbons (Fsp3) is 0.0667. The summed E-state index contributed by atoms with van der Waals surface area (Å²) in [6.45, 7) is 0.0547. The fourth-order valence-electron chi connectivity index (χ4n) is 1.55. The molecule has 6 heteroatoms.